The van der Waals surface area contributed by atoms with E-state index in [0.29, 0.717) is 0 Å². The van der Waals surface area contributed by atoms with E-state index in [0.717, 1.165) is 0 Å². The lowest BCUT2D eigenvalue weighted by Crippen LogP contribution is -1.94. The van der Waals surface area contributed by atoms with Crippen molar-refractivity contribution in [3.05, 3.63) is 303 Å². The van der Waals surface area contributed by atoms with Crippen molar-refractivity contribution in [2.24, 2.45) is 0 Å². The molecule has 0 aliphatic heterocycles. The highest BCUT2D eigenvalue weighted by Crippen LogP contribution is 2.48. The van der Waals surface area contributed by atoms with E-state index in [4.69, 9.17) is 0 Å². The van der Waals surface area contributed by atoms with E-state index in [9.17, 15) is 0 Å². The third-order valence-electron chi connectivity index (χ3n) is 14.7. The highest BCUT2D eigenvalue weighted by Gasteiger charge is 2.20. The summed E-state index contributed by atoms with van der Waals surface area (Å²) in [5.41, 5.74) is 10.0. The minimum absolute atomic E-state index is 1.23. The van der Waals surface area contributed by atoms with Crippen LogP contribution in [0.2, 0.25) is 0 Å². The van der Waals surface area contributed by atoms with Crippen LogP contribution in [-0.4, -0.2) is 0 Å². The molecule has 0 heterocycles. The molecule has 15 aromatic rings. The fourth-order valence-corrected chi connectivity index (χ4v) is 11.1. The number of benzene rings is 15. The maximum Gasteiger partial charge on any atom is -0.00201 e. The van der Waals surface area contributed by atoms with Gasteiger partial charge in [-0.3, -0.25) is 0 Å². The second-order valence-electron chi connectivity index (χ2n) is 19.1. The van der Waals surface area contributed by atoms with Gasteiger partial charge in [0, 0.05) is 0 Å². The maximum atomic E-state index is 2.33. The van der Waals surface area contributed by atoms with Gasteiger partial charge in [0.15, 0.2) is 0 Å². The predicted molar refractivity (Wildman–Crippen MR) is 321 cm³/mol. The van der Waals surface area contributed by atoms with Gasteiger partial charge in [0.2, 0.25) is 0 Å². The first-order chi connectivity index (χ1) is 36.7. The number of hydrogen-bond acceptors (Lipinski definition) is 0. The van der Waals surface area contributed by atoms with Gasteiger partial charge in [-0.1, -0.05) is 267 Å². The fraction of sp³-hybridized carbons (Fsp3) is 0. The van der Waals surface area contributed by atoms with Gasteiger partial charge >= 0.3 is 0 Å². The summed E-state index contributed by atoms with van der Waals surface area (Å²) in [6.07, 6.45) is 0. The molecule has 0 fully saturated rings. The summed E-state index contributed by atoms with van der Waals surface area (Å²) in [4.78, 5) is 0. The van der Waals surface area contributed by atoms with Crippen LogP contribution in [0.3, 0.4) is 0 Å². The Bertz CT molecular complexity index is 4000. The molecule has 0 spiro atoms. The smallest absolute Gasteiger partial charge is 0.00201 e. The summed E-state index contributed by atoms with van der Waals surface area (Å²) >= 11 is 0. The lowest BCUT2D eigenvalue weighted by Gasteiger charge is -2.21. The van der Waals surface area contributed by atoms with Crippen LogP contribution in [0.4, 0.5) is 0 Å². The van der Waals surface area contributed by atoms with Gasteiger partial charge in [-0.25, -0.2) is 0 Å². The Kier molecular flexibility index (Phi) is 11.7. The predicted octanol–water partition coefficient (Wildman–Crippen LogP) is 21.0. The zero-order chi connectivity index (χ0) is 49.2. The van der Waals surface area contributed by atoms with Crippen LogP contribution < -0.4 is 0 Å². The summed E-state index contributed by atoms with van der Waals surface area (Å²) in [5, 5.41) is 20.6. The average Bonchev–Trinajstić information content (AvgIpc) is 3.48. The second-order valence-corrected chi connectivity index (χ2v) is 19.1. The van der Waals surface area contributed by atoms with Gasteiger partial charge < -0.3 is 0 Å². The topological polar surface area (TPSA) is 0 Å². The molecular formula is C74H50. The lowest BCUT2D eigenvalue weighted by molar-refractivity contribution is 1.61. The summed E-state index contributed by atoms with van der Waals surface area (Å²) in [7, 11) is 0. The van der Waals surface area contributed by atoms with Crippen molar-refractivity contribution in [2.45, 2.75) is 0 Å². The molecule has 74 heavy (non-hydrogen) atoms. The molecule has 15 rings (SSSR count). The van der Waals surface area contributed by atoms with E-state index < -0.39 is 0 Å². The largest absolute Gasteiger partial charge is 0.0616 e. The molecule has 0 amide bonds. The van der Waals surface area contributed by atoms with Crippen molar-refractivity contribution in [2.75, 3.05) is 0 Å². The van der Waals surface area contributed by atoms with Gasteiger partial charge in [0.25, 0.3) is 0 Å². The van der Waals surface area contributed by atoms with E-state index in [1.807, 2.05) is 0 Å². The molecule has 0 N–H and O–H groups in total. The zero-order valence-electron chi connectivity index (χ0n) is 40.9. The zero-order valence-corrected chi connectivity index (χ0v) is 40.9. The molecule has 0 radical (unpaired) electrons. The summed E-state index contributed by atoms with van der Waals surface area (Å²) in [6.45, 7) is 0. The number of hydrogen-bond donors (Lipinski definition) is 0. The van der Waals surface area contributed by atoms with E-state index in [2.05, 4.69) is 303 Å². The van der Waals surface area contributed by atoms with Crippen LogP contribution in [-0.2, 0) is 0 Å². The molecule has 0 heteroatoms. The average molecular weight is 939 g/mol. The Labute approximate surface area is 431 Å². The molecule has 346 valence electrons. The molecule has 0 atom stereocenters. The highest BCUT2D eigenvalue weighted by atomic mass is 14.2. The Balaban J connectivity index is 0.000000151. The van der Waals surface area contributed by atoms with Crippen LogP contribution in [0, 0.1) is 0 Å². The van der Waals surface area contributed by atoms with Crippen LogP contribution in [0.15, 0.2) is 303 Å². The molecule has 0 bridgehead atoms. The van der Waals surface area contributed by atoms with Crippen LogP contribution in [0.25, 0.3) is 131 Å². The Morgan fingerprint density at radius 3 is 0.608 bits per heavy atom. The molecule has 0 aliphatic carbocycles. The van der Waals surface area contributed by atoms with Gasteiger partial charge in [-0.05, 0) is 167 Å². The quantitative estimate of drug-likeness (QED) is 0.154. The standard InChI is InChI=1S/C46H30.2C14H10/c1-3-15-33-29-35(27-25-31(33)13-1)37-17-5-7-19-39(37)45-41-21-9-11-23-43(41)46(44-24-12-10-22-42(44)45)40-20-8-6-18-38(40)36-28-26-32-14-2-4-16-34(32)30-36;2*1-2-6-12-10-14-8-4-3-7-13(14)9-11(12)5-1/h1-30H;2*1-10H. The minimum atomic E-state index is 1.23. The van der Waals surface area contributed by atoms with Gasteiger partial charge in [-0.15, -0.1) is 0 Å². The van der Waals surface area contributed by atoms with Gasteiger partial charge in [0.05, 0.1) is 0 Å². The fourth-order valence-electron chi connectivity index (χ4n) is 11.1. The molecule has 0 unspecified atom stereocenters. The highest BCUT2D eigenvalue weighted by molar-refractivity contribution is 6.23. The Morgan fingerprint density at radius 2 is 0.338 bits per heavy atom. The molecule has 0 saturated heterocycles. The van der Waals surface area contributed by atoms with E-state index in [1.54, 1.807) is 0 Å². The first-order valence-electron chi connectivity index (χ1n) is 25.6. The van der Waals surface area contributed by atoms with Crippen molar-refractivity contribution in [1.29, 1.82) is 0 Å². The van der Waals surface area contributed by atoms with Crippen molar-refractivity contribution in [3.63, 3.8) is 0 Å². The van der Waals surface area contributed by atoms with Crippen molar-refractivity contribution >= 4 is 86.2 Å². The third-order valence-corrected chi connectivity index (χ3v) is 14.7. The SMILES string of the molecule is c1ccc(-c2c3ccccc3c(-c3ccccc3-c3ccc4ccccc4c3)c3ccccc23)c(-c2ccc3ccccc3c2)c1.c1ccc2cc3ccccc3cc2c1.c1ccc2cc3ccccc3cc2c1. The van der Waals surface area contributed by atoms with Crippen LogP contribution >= 0.6 is 0 Å². The Morgan fingerprint density at radius 1 is 0.135 bits per heavy atom. The lowest BCUT2D eigenvalue weighted by atomic mass is 9.82. The van der Waals surface area contributed by atoms with Crippen LogP contribution in [0.5, 0.6) is 0 Å². The van der Waals surface area contributed by atoms with Crippen molar-refractivity contribution < 1.29 is 0 Å². The van der Waals surface area contributed by atoms with Gasteiger partial charge in [0.1, 0.15) is 0 Å². The summed E-state index contributed by atoms with van der Waals surface area (Å²) < 4.78 is 0. The minimum Gasteiger partial charge on any atom is -0.0616 e. The third kappa shape index (κ3) is 8.49. The molecule has 0 aliphatic rings. The number of fused-ring (bicyclic) bond motifs is 8. The van der Waals surface area contributed by atoms with Crippen molar-refractivity contribution in [1.82, 2.24) is 0 Å². The molecule has 15 aromatic carbocycles. The summed E-state index contributed by atoms with van der Waals surface area (Å²) in [6, 6.07) is 109. The monoisotopic (exact) mass is 938 g/mol. The maximum absolute atomic E-state index is 2.33. The molecule has 0 nitrogen and oxygen atoms in total. The van der Waals surface area contributed by atoms with Crippen molar-refractivity contribution in [3.8, 4) is 44.5 Å². The van der Waals surface area contributed by atoms with Crippen LogP contribution in [0.1, 0.15) is 0 Å². The Hall–Kier alpha value is -9.62. The molecule has 0 saturated carbocycles. The van der Waals surface area contributed by atoms with E-state index in [1.165, 1.54) is 131 Å². The molecular weight excluding hydrogens is 889 g/mol. The van der Waals surface area contributed by atoms with E-state index in [-0.39, 0.29) is 0 Å². The normalized spacial score (nSPS) is 11.2. The molecule has 0 aromatic heterocycles. The first-order valence-corrected chi connectivity index (χ1v) is 25.6. The second kappa shape index (κ2) is 19.5. The summed E-state index contributed by atoms with van der Waals surface area (Å²) in [5.74, 6) is 0. The van der Waals surface area contributed by atoms with Gasteiger partial charge in [-0.2, -0.15) is 0 Å². The first kappa shape index (κ1) is 44.3. The van der Waals surface area contributed by atoms with E-state index >= 15 is 0 Å². The number of rotatable bonds is 4.